The van der Waals surface area contributed by atoms with Gasteiger partial charge >= 0.3 is 6.09 Å². The molecule has 1 unspecified atom stereocenters. The van der Waals surface area contributed by atoms with E-state index in [0.717, 1.165) is 31.9 Å². The van der Waals surface area contributed by atoms with E-state index < -0.39 is 0 Å². The van der Waals surface area contributed by atoms with E-state index in [2.05, 4.69) is 27.7 Å². The van der Waals surface area contributed by atoms with Gasteiger partial charge in [-0.15, -0.1) is 0 Å². The Morgan fingerprint density at radius 3 is 2.65 bits per heavy atom. The Bertz CT molecular complexity index is 457. The van der Waals surface area contributed by atoms with Gasteiger partial charge in [-0.2, -0.15) is 0 Å². The Kier molecular flexibility index (Phi) is 3.92. The number of cyclic esters (lactones) is 1. The first-order valence-corrected chi connectivity index (χ1v) is 6.94. The van der Waals surface area contributed by atoms with Gasteiger partial charge in [0, 0.05) is 31.9 Å². The quantitative estimate of drug-likeness (QED) is 0.843. The predicted octanol–water partition coefficient (Wildman–Crippen LogP) is 0.583. The minimum atomic E-state index is -0.368. The third-order valence-corrected chi connectivity index (χ3v) is 3.50. The van der Waals surface area contributed by atoms with Crippen molar-refractivity contribution in [1.29, 1.82) is 0 Å². The molecule has 2 heterocycles. The molecular formula is C14H19N3O3. The number of ether oxygens (including phenoxy) is 2. The molecule has 2 aliphatic heterocycles. The van der Waals surface area contributed by atoms with Gasteiger partial charge in [0.1, 0.15) is 12.4 Å². The molecule has 0 spiro atoms. The molecule has 20 heavy (non-hydrogen) atoms. The maximum absolute atomic E-state index is 10.9. The first kappa shape index (κ1) is 13.1. The van der Waals surface area contributed by atoms with Crippen molar-refractivity contribution in [3.63, 3.8) is 0 Å². The average Bonchev–Trinajstić information content (AvgIpc) is 2.92. The van der Waals surface area contributed by atoms with Gasteiger partial charge in [0.15, 0.2) is 6.10 Å². The van der Waals surface area contributed by atoms with E-state index in [1.54, 1.807) is 0 Å². The van der Waals surface area contributed by atoms with Crippen molar-refractivity contribution in [2.75, 3.05) is 44.2 Å². The number of hydrogen-bond acceptors (Lipinski definition) is 5. The lowest BCUT2D eigenvalue weighted by atomic mass is 10.2. The Hall–Kier alpha value is -1.95. The van der Waals surface area contributed by atoms with Gasteiger partial charge in [0.2, 0.25) is 0 Å². The molecule has 6 nitrogen and oxygen atoms in total. The van der Waals surface area contributed by atoms with Gasteiger partial charge in [-0.3, -0.25) is 0 Å². The smallest absolute Gasteiger partial charge is 0.407 e. The lowest BCUT2D eigenvalue weighted by Crippen LogP contribution is -2.43. The summed E-state index contributed by atoms with van der Waals surface area (Å²) < 4.78 is 10.6. The Balaban J connectivity index is 1.52. The number of rotatable bonds is 4. The standard InChI is InChI=1S/C14H19N3O3/c18-14-16-9-13(20-14)10-19-12-3-1-11(2-4-12)17-7-5-15-6-8-17/h1-4,13,15H,5-10H2,(H,16,18). The Morgan fingerprint density at radius 1 is 1.25 bits per heavy atom. The maximum atomic E-state index is 10.9. The molecule has 0 aliphatic carbocycles. The fourth-order valence-corrected chi connectivity index (χ4v) is 2.39. The molecule has 1 aromatic rings. The zero-order valence-electron chi connectivity index (χ0n) is 11.3. The van der Waals surface area contributed by atoms with Gasteiger partial charge in [0.25, 0.3) is 0 Å². The van der Waals surface area contributed by atoms with Crippen LogP contribution < -0.4 is 20.3 Å². The van der Waals surface area contributed by atoms with Crippen molar-refractivity contribution in [2.45, 2.75) is 6.10 Å². The summed E-state index contributed by atoms with van der Waals surface area (Å²) in [6.45, 7) is 5.01. The van der Waals surface area contributed by atoms with E-state index in [1.165, 1.54) is 5.69 Å². The van der Waals surface area contributed by atoms with Crippen LogP contribution in [-0.2, 0) is 4.74 Å². The third-order valence-electron chi connectivity index (χ3n) is 3.50. The molecule has 1 atom stereocenters. The van der Waals surface area contributed by atoms with Crippen LogP contribution in [0.4, 0.5) is 10.5 Å². The van der Waals surface area contributed by atoms with E-state index in [0.29, 0.717) is 13.2 Å². The molecule has 2 fully saturated rings. The lowest BCUT2D eigenvalue weighted by Gasteiger charge is -2.29. The number of piperazine rings is 1. The molecule has 108 valence electrons. The molecule has 0 aromatic heterocycles. The molecule has 1 amide bonds. The van der Waals surface area contributed by atoms with E-state index in [4.69, 9.17) is 9.47 Å². The van der Waals surface area contributed by atoms with Crippen LogP contribution in [0, 0.1) is 0 Å². The molecule has 0 saturated carbocycles. The molecule has 2 saturated heterocycles. The SMILES string of the molecule is O=C1NCC(COc2ccc(N3CCNCC3)cc2)O1. The van der Waals surface area contributed by atoms with E-state index in [1.807, 2.05) is 12.1 Å². The normalized spacial score (nSPS) is 22.3. The van der Waals surface area contributed by atoms with Crippen LogP contribution in [0.25, 0.3) is 0 Å². The number of amides is 1. The van der Waals surface area contributed by atoms with Crippen molar-refractivity contribution in [3.8, 4) is 5.75 Å². The molecular weight excluding hydrogens is 258 g/mol. The van der Waals surface area contributed by atoms with Gasteiger partial charge in [-0.05, 0) is 24.3 Å². The highest BCUT2D eigenvalue weighted by Gasteiger charge is 2.22. The van der Waals surface area contributed by atoms with Gasteiger partial charge in [-0.25, -0.2) is 4.79 Å². The number of alkyl carbamates (subject to hydrolysis) is 1. The summed E-state index contributed by atoms with van der Waals surface area (Å²) in [5.41, 5.74) is 1.22. The summed E-state index contributed by atoms with van der Waals surface area (Å²) in [5, 5.41) is 5.94. The zero-order valence-corrected chi connectivity index (χ0v) is 11.3. The molecule has 6 heteroatoms. The maximum Gasteiger partial charge on any atom is 0.407 e. The van der Waals surface area contributed by atoms with Crippen LogP contribution in [-0.4, -0.2) is 51.5 Å². The summed E-state index contributed by atoms with van der Waals surface area (Å²) in [5.74, 6) is 0.798. The fraction of sp³-hybridized carbons (Fsp3) is 0.500. The molecule has 0 radical (unpaired) electrons. The Morgan fingerprint density at radius 2 is 2.00 bits per heavy atom. The summed E-state index contributed by atoms with van der Waals surface area (Å²) in [6, 6.07) is 8.06. The fourth-order valence-electron chi connectivity index (χ4n) is 2.39. The number of carbonyl (C=O) groups excluding carboxylic acids is 1. The second kappa shape index (κ2) is 6.00. The third kappa shape index (κ3) is 3.14. The highest BCUT2D eigenvalue weighted by Crippen LogP contribution is 2.20. The van der Waals surface area contributed by atoms with Crippen LogP contribution >= 0.6 is 0 Å². The van der Waals surface area contributed by atoms with Crippen molar-refractivity contribution in [2.24, 2.45) is 0 Å². The second-order valence-electron chi connectivity index (χ2n) is 4.95. The summed E-state index contributed by atoms with van der Waals surface area (Å²) in [7, 11) is 0. The van der Waals surface area contributed by atoms with Crippen LogP contribution in [0.15, 0.2) is 24.3 Å². The minimum absolute atomic E-state index is 0.199. The first-order chi connectivity index (χ1) is 9.81. The molecule has 2 aliphatic rings. The van der Waals surface area contributed by atoms with E-state index in [9.17, 15) is 4.79 Å². The van der Waals surface area contributed by atoms with Crippen molar-refractivity contribution in [3.05, 3.63) is 24.3 Å². The Labute approximate surface area is 118 Å². The van der Waals surface area contributed by atoms with Crippen LogP contribution in [0.3, 0.4) is 0 Å². The number of benzene rings is 1. The summed E-state index contributed by atoms with van der Waals surface area (Å²) in [6.07, 6.45) is -0.567. The largest absolute Gasteiger partial charge is 0.490 e. The molecule has 2 N–H and O–H groups in total. The highest BCUT2D eigenvalue weighted by atomic mass is 16.6. The van der Waals surface area contributed by atoms with Crippen LogP contribution in [0.2, 0.25) is 0 Å². The summed E-state index contributed by atoms with van der Waals surface area (Å²) in [4.78, 5) is 13.2. The van der Waals surface area contributed by atoms with E-state index >= 15 is 0 Å². The first-order valence-electron chi connectivity index (χ1n) is 6.94. The van der Waals surface area contributed by atoms with Crippen LogP contribution in [0.1, 0.15) is 0 Å². The van der Waals surface area contributed by atoms with Crippen molar-refractivity contribution < 1.29 is 14.3 Å². The molecule has 1 aromatic carbocycles. The molecule has 3 rings (SSSR count). The van der Waals surface area contributed by atoms with Crippen LogP contribution in [0.5, 0.6) is 5.75 Å². The molecule has 0 bridgehead atoms. The predicted molar refractivity (Wildman–Crippen MR) is 75.3 cm³/mol. The van der Waals surface area contributed by atoms with Crippen molar-refractivity contribution in [1.82, 2.24) is 10.6 Å². The number of anilines is 1. The number of hydrogen-bond donors (Lipinski definition) is 2. The van der Waals surface area contributed by atoms with Gasteiger partial charge in [0.05, 0.1) is 6.54 Å². The minimum Gasteiger partial charge on any atom is -0.490 e. The lowest BCUT2D eigenvalue weighted by molar-refractivity contribution is 0.105. The number of nitrogens with one attached hydrogen (secondary N) is 2. The number of nitrogens with zero attached hydrogens (tertiary/aromatic N) is 1. The van der Waals surface area contributed by atoms with Gasteiger partial charge < -0.3 is 25.0 Å². The second-order valence-corrected chi connectivity index (χ2v) is 4.95. The summed E-state index contributed by atoms with van der Waals surface area (Å²) >= 11 is 0. The van der Waals surface area contributed by atoms with Crippen molar-refractivity contribution >= 4 is 11.8 Å². The highest BCUT2D eigenvalue weighted by molar-refractivity contribution is 5.69. The average molecular weight is 277 g/mol. The van der Waals surface area contributed by atoms with Gasteiger partial charge in [-0.1, -0.05) is 0 Å². The van der Waals surface area contributed by atoms with E-state index in [-0.39, 0.29) is 12.2 Å². The monoisotopic (exact) mass is 277 g/mol. The topological polar surface area (TPSA) is 62.8 Å². The number of carbonyl (C=O) groups is 1. The zero-order chi connectivity index (χ0) is 13.8.